The maximum absolute atomic E-state index is 13.2. The normalized spacial score (nSPS) is 14.9. The van der Waals surface area contributed by atoms with Crippen LogP contribution in [0.25, 0.3) is 16.9 Å². The molecule has 0 bridgehead atoms. The molecule has 7 heteroatoms. The van der Waals surface area contributed by atoms with Gasteiger partial charge in [0, 0.05) is 42.6 Å². The minimum atomic E-state index is -0.612. The number of carbonyl (C=O) groups is 1. The van der Waals surface area contributed by atoms with Gasteiger partial charge in [0.15, 0.2) is 5.82 Å². The number of anilines is 2. The van der Waals surface area contributed by atoms with E-state index in [0.717, 1.165) is 33.9 Å². The molecule has 0 unspecified atom stereocenters. The van der Waals surface area contributed by atoms with E-state index in [1.54, 1.807) is 23.8 Å². The Kier molecular flexibility index (Phi) is 3.89. The van der Waals surface area contributed by atoms with Gasteiger partial charge in [0.2, 0.25) is 5.91 Å². The Balaban J connectivity index is 1.59. The summed E-state index contributed by atoms with van der Waals surface area (Å²) in [7, 11) is 1.90. The second-order valence-electron chi connectivity index (χ2n) is 8.22. The zero-order valence-corrected chi connectivity index (χ0v) is 17.4. The van der Waals surface area contributed by atoms with E-state index in [-0.39, 0.29) is 5.91 Å². The highest BCUT2D eigenvalue weighted by atomic mass is 16.2. The van der Waals surface area contributed by atoms with Gasteiger partial charge < -0.3 is 9.13 Å². The summed E-state index contributed by atoms with van der Waals surface area (Å²) < 4.78 is 3.82. The number of amides is 1. The molecule has 0 fully saturated rings. The summed E-state index contributed by atoms with van der Waals surface area (Å²) in [6.45, 7) is 5.88. The van der Waals surface area contributed by atoms with Crippen molar-refractivity contribution in [2.24, 2.45) is 7.05 Å². The highest BCUT2D eigenvalue weighted by Gasteiger charge is 2.45. The molecule has 1 amide bonds. The highest BCUT2D eigenvalue weighted by molar-refractivity contribution is 6.12. The number of nitrogens with zero attached hydrogens (tertiary/aromatic N) is 6. The van der Waals surface area contributed by atoms with Gasteiger partial charge in [-0.2, -0.15) is 0 Å². The van der Waals surface area contributed by atoms with E-state index in [1.165, 1.54) is 0 Å². The lowest BCUT2D eigenvalue weighted by molar-refractivity contribution is -0.121. The molecule has 0 N–H and O–H groups in total. The fraction of sp³-hybridized carbons (Fsp3) is 0.217. The monoisotopic (exact) mass is 398 g/mol. The molecule has 3 aromatic heterocycles. The van der Waals surface area contributed by atoms with E-state index in [4.69, 9.17) is 0 Å². The first-order valence-electron chi connectivity index (χ1n) is 9.79. The number of hydrogen-bond donors (Lipinski definition) is 0. The van der Waals surface area contributed by atoms with Crippen LogP contribution in [0.15, 0.2) is 61.6 Å². The zero-order valence-electron chi connectivity index (χ0n) is 17.4. The van der Waals surface area contributed by atoms with Crippen LogP contribution in [0.2, 0.25) is 0 Å². The van der Waals surface area contributed by atoms with Crippen molar-refractivity contribution in [1.82, 2.24) is 24.1 Å². The minimum absolute atomic E-state index is 0.0196. The van der Waals surface area contributed by atoms with Crippen LogP contribution in [0.3, 0.4) is 0 Å². The molecule has 0 saturated heterocycles. The molecule has 1 aliphatic rings. The topological polar surface area (TPSA) is 68.8 Å². The second kappa shape index (κ2) is 6.38. The van der Waals surface area contributed by atoms with Gasteiger partial charge >= 0.3 is 0 Å². The van der Waals surface area contributed by atoms with Crippen LogP contribution in [0.1, 0.15) is 25.1 Å². The predicted molar refractivity (Wildman–Crippen MR) is 115 cm³/mol. The largest absolute Gasteiger partial charge is 0.338 e. The third-order valence-electron chi connectivity index (χ3n) is 5.63. The van der Waals surface area contributed by atoms with Gasteiger partial charge in [0.1, 0.15) is 0 Å². The molecule has 150 valence electrons. The second-order valence-corrected chi connectivity index (χ2v) is 8.22. The molecule has 4 heterocycles. The lowest BCUT2D eigenvalue weighted by atomic mass is 9.86. The Morgan fingerprint density at radius 3 is 2.53 bits per heavy atom. The van der Waals surface area contributed by atoms with Crippen LogP contribution in [0.4, 0.5) is 11.5 Å². The van der Waals surface area contributed by atoms with Crippen molar-refractivity contribution in [2.45, 2.75) is 26.2 Å². The molecule has 0 saturated carbocycles. The van der Waals surface area contributed by atoms with E-state index in [2.05, 4.69) is 15.0 Å². The average molecular weight is 398 g/mol. The molecule has 0 atom stereocenters. The number of aromatic nitrogens is 5. The molecule has 5 rings (SSSR count). The number of fused-ring (bicyclic) bond motifs is 1. The molecule has 0 aliphatic carbocycles. The number of aryl methyl sites for hydroxylation is 2. The third kappa shape index (κ3) is 2.74. The zero-order chi connectivity index (χ0) is 21.0. The van der Waals surface area contributed by atoms with E-state index < -0.39 is 5.41 Å². The summed E-state index contributed by atoms with van der Waals surface area (Å²) in [4.78, 5) is 28.2. The van der Waals surface area contributed by atoms with Gasteiger partial charge in [-0.15, -0.1) is 0 Å². The van der Waals surface area contributed by atoms with Crippen molar-refractivity contribution < 1.29 is 4.79 Å². The number of imidazole rings is 2. The van der Waals surface area contributed by atoms with E-state index in [0.29, 0.717) is 5.82 Å². The van der Waals surface area contributed by atoms with Crippen molar-refractivity contribution >= 4 is 17.4 Å². The molecule has 7 nitrogen and oxygen atoms in total. The molecule has 1 aliphatic heterocycles. The van der Waals surface area contributed by atoms with Crippen LogP contribution < -0.4 is 4.90 Å². The summed E-state index contributed by atoms with van der Waals surface area (Å²) in [5.41, 5.74) is 4.98. The SMILES string of the molecule is Cc1cc(-n2cnc(-c3ccc4c(c3)N(c3cn(C)cn3)C(=O)C4(C)C)c2)ccn1. The summed E-state index contributed by atoms with van der Waals surface area (Å²) >= 11 is 0. The Bertz CT molecular complexity index is 1280. The fourth-order valence-corrected chi connectivity index (χ4v) is 3.95. The maximum Gasteiger partial charge on any atom is 0.242 e. The van der Waals surface area contributed by atoms with Crippen LogP contribution in [-0.2, 0) is 17.3 Å². The van der Waals surface area contributed by atoms with E-state index >= 15 is 0 Å². The summed E-state index contributed by atoms with van der Waals surface area (Å²) in [5, 5.41) is 0. The molecule has 0 radical (unpaired) electrons. The van der Waals surface area contributed by atoms with Gasteiger partial charge in [-0.25, -0.2) is 9.97 Å². The van der Waals surface area contributed by atoms with Crippen molar-refractivity contribution in [3.8, 4) is 16.9 Å². The Hall–Kier alpha value is -3.74. The van der Waals surface area contributed by atoms with Crippen molar-refractivity contribution in [3.63, 3.8) is 0 Å². The first-order chi connectivity index (χ1) is 14.3. The predicted octanol–water partition coefficient (Wildman–Crippen LogP) is 3.93. The molecule has 0 spiro atoms. The quantitative estimate of drug-likeness (QED) is 0.524. The molecule has 4 aromatic rings. The van der Waals surface area contributed by atoms with Crippen molar-refractivity contribution in [1.29, 1.82) is 0 Å². The van der Waals surface area contributed by atoms with Crippen LogP contribution in [-0.4, -0.2) is 30.0 Å². The van der Waals surface area contributed by atoms with Crippen molar-refractivity contribution in [2.75, 3.05) is 4.90 Å². The number of pyridine rings is 1. The first-order valence-corrected chi connectivity index (χ1v) is 9.79. The van der Waals surface area contributed by atoms with Crippen LogP contribution in [0, 0.1) is 6.92 Å². The minimum Gasteiger partial charge on any atom is -0.338 e. The van der Waals surface area contributed by atoms with Gasteiger partial charge in [-0.1, -0.05) is 12.1 Å². The van der Waals surface area contributed by atoms with Gasteiger partial charge in [-0.05, 0) is 44.5 Å². The van der Waals surface area contributed by atoms with E-state index in [1.807, 2.05) is 79.7 Å². The summed E-state index contributed by atoms with van der Waals surface area (Å²) in [6.07, 6.45) is 9.14. The fourth-order valence-electron chi connectivity index (χ4n) is 3.95. The number of carbonyl (C=O) groups excluding carboxylic acids is 1. The summed E-state index contributed by atoms with van der Waals surface area (Å²) in [6, 6.07) is 10.0. The third-order valence-corrected chi connectivity index (χ3v) is 5.63. The smallest absolute Gasteiger partial charge is 0.242 e. The van der Waals surface area contributed by atoms with Gasteiger partial charge in [0.25, 0.3) is 0 Å². The molecular formula is C23H22N6O. The van der Waals surface area contributed by atoms with Crippen LogP contribution >= 0.6 is 0 Å². The molecule has 1 aromatic carbocycles. The van der Waals surface area contributed by atoms with Gasteiger partial charge in [0.05, 0.1) is 29.5 Å². The summed E-state index contributed by atoms with van der Waals surface area (Å²) in [5.74, 6) is 0.649. The average Bonchev–Trinajstić information content (AvgIpc) is 3.41. The van der Waals surface area contributed by atoms with Crippen LogP contribution in [0.5, 0.6) is 0 Å². The Morgan fingerprint density at radius 1 is 0.967 bits per heavy atom. The lowest BCUT2D eigenvalue weighted by Crippen LogP contribution is -2.33. The lowest BCUT2D eigenvalue weighted by Gasteiger charge is -2.18. The number of hydrogen-bond acceptors (Lipinski definition) is 4. The maximum atomic E-state index is 13.2. The van der Waals surface area contributed by atoms with Gasteiger partial charge in [-0.3, -0.25) is 14.7 Å². The molecule has 30 heavy (non-hydrogen) atoms. The molecular weight excluding hydrogens is 376 g/mol. The Morgan fingerprint density at radius 2 is 1.80 bits per heavy atom. The van der Waals surface area contributed by atoms with E-state index in [9.17, 15) is 4.79 Å². The number of benzene rings is 1. The Labute approximate surface area is 174 Å². The highest BCUT2D eigenvalue weighted by Crippen LogP contribution is 2.46. The number of rotatable bonds is 3. The van der Waals surface area contributed by atoms with Crippen molar-refractivity contribution in [3.05, 3.63) is 72.8 Å². The first kappa shape index (κ1) is 18.3. The standard InChI is InChI=1S/C23H22N6O/c1-15-9-17(7-8-24-15)28-11-19(25-14-28)16-5-6-18-20(10-16)29(22(30)23(18,2)3)21-12-27(4)13-26-21/h5-14H,1-4H3.